The van der Waals surface area contributed by atoms with E-state index in [2.05, 4.69) is 5.32 Å². The predicted octanol–water partition coefficient (Wildman–Crippen LogP) is -1.53. The van der Waals surface area contributed by atoms with E-state index in [-0.39, 0.29) is 36.6 Å². The minimum absolute atomic E-state index is 0.00118. The van der Waals surface area contributed by atoms with Gasteiger partial charge in [-0.1, -0.05) is 24.3 Å². The van der Waals surface area contributed by atoms with Gasteiger partial charge in [-0.25, -0.2) is 4.79 Å². The van der Waals surface area contributed by atoms with Crippen LogP contribution in [0.2, 0.25) is 0 Å². The van der Waals surface area contributed by atoms with E-state index >= 15 is 0 Å². The molecule has 0 bridgehead atoms. The largest absolute Gasteiger partial charge is 0.488 e. The van der Waals surface area contributed by atoms with Gasteiger partial charge in [0.05, 0.1) is 12.1 Å². The van der Waals surface area contributed by atoms with Gasteiger partial charge in [0, 0.05) is 32.1 Å². The fourth-order valence-corrected chi connectivity index (χ4v) is 3.86. The van der Waals surface area contributed by atoms with E-state index in [1.807, 2.05) is 17.0 Å². The number of carbonyl (C=O) groups is 2. The molecule has 1 aromatic rings. The van der Waals surface area contributed by atoms with Crippen molar-refractivity contribution in [2.45, 2.75) is 24.5 Å². The fraction of sp³-hybridized carbons (Fsp3) is 0.529. The van der Waals surface area contributed by atoms with Crippen molar-refractivity contribution < 1.29 is 24.4 Å². The molecular weight excluding hydrogens is 337 g/mol. The molecule has 3 saturated heterocycles. The van der Waals surface area contributed by atoms with Crippen molar-refractivity contribution in [2.75, 3.05) is 32.8 Å². The van der Waals surface area contributed by atoms with Crippen LogP contribution in [-0.2, 0) is 9.53 Å². The molecule has 3 fully saturated rings. The summed E-state index contributed by atoms with van der Waals surface area (Å²) in [6.07, 6.45) is 0.736. The Bertz CT molecular complexity index is 692. The molecule has 0 aliphatic carbocycles. The van der Waals surface area contributed by atoms with Gasteiger partial charge in [0.1, 0.15) is 6.61 Å². The van der Waals surface area contributed by atoms with E-state index < -0.39 is 7.12 Å². The zero-order valence-corrected chi connectivity index (χ0v) is 14.4. The van der Waals surface area contributed by atoms with Crippen molar-refractivity contribution in [3.05, 3.63) is 29.8 Å². The molecule has 3 amide bonds. The number of fused-ring (bicyclic) bond motifs is 1. The van der Waals surface area contributed by atoms with Crippen LogP contribution in [0.3, 0.4) is 0 Å². The molecule has 3 aliphatic heterocycles. The first-order valence-electron chi connectivity index (χ1n) is 8.92. The molecule has 3 aliphatic rings. The monoisotopic (exact) mass is 359 g/mol. The van der Waals surface area contributed by atoms with E-state index in [1.165, 1.54) is 0 Å². The topological polar surface area (TPSA) is 102 Å². The fourth-order valence-electron chi connectivity index (χ4n) is 3.86. The highest BCUT2D eigenvalue weighted by molar-refractivity contribution is 6.58. The van der Waals surface area contributed by atoms with Crippen LogP contribution in [0, 0.1) is 0 Å². The van der Waals surface area contributed by atoms with E-state index in [1.54, 1.807) is 17.0 Å². The number of piperidine rings is 1. The van der Waals surface area contributed by atoms with Gasteiger partial charge in [-0.3, -0.25) is 4.79 Å². The van der Waals surface area contributed by atoms with Gasteiger partial charge in [0.2, 0.25) is 5.91 Å². The van der Waals surface area contributed by atoms with Gasteiger partial charge >= 0.3 is 13.1 Å². The normalized spacial score (nSPS) is 26.0. The lowest BCUT2D eigenvalue weighted by Gasteiger charge is -2.46. The summed E-state index contributed by atoms with van der Waals surface area (Å²) in [6, 6.07) is 7.02. The van der Waals surface area contributed by atoms with Crippen LogP contribution in [0.5, 0.6) is 0 Å². The first-order chi connectivity index (χ1) is 12.5. The standard InChI is InChI=1S/C17H22BN3O5/c22-16-10-26-15-5-6-20(9-14(15)19-16)17(23)21-7-12(8-21)11-1-3-13(4-2-11)18(24)25/h1-4,12,14-15,24-25H,5-10H2,(H,19,22)/t14-,15+/m1/s1. The SMILES string of the molecule is O=C1CO[C@H]2CCN(C(=O)N3CC(c4ccc(B(O)O)cc4)C3)C[C@H]2N1. The lowest BCUT2D eigenvalue weighted by Crippen LogP contribution is -2.63. The molecule has 8 nitrogen and oxygen atoms in total. The molecule has 3 heterocycles. The van der Waals surface area contributed by atoms with Crippen LogP contribution >= 0.6 is 0 Å². The Morgan fingerprint density at radius 3 is 2.58 bits per heavy atom. The maximum Gasteiger partial charge on any atom is 0.488 e. The molecule has 9 heteroatoms. The lowest BCUT2D eigenvalue weighted by atomic mass is 9.79. The molecule has 0 aromatic heterocycles. The second-order valence-electron chi connectivity index (χ2n) is 7.18. The zero-order chi connectivity index (χ0) is 18.3. The summed E-state index contributed by atoms with van der Waals surface area (Å²) in [4.78, 5) is 27.8. The minimum Gasteiger partial charge on any atom is -0.423 e. The smallest absolute Gasteiger partial charge is 0.423 e. The number of nitrogens with one attached hydrogen (secondary N) is 1. The molecule has 0 radical (unpaired) electrons. The first-order valence-corrected chi connectivity index (χ1v) is 8.92. The number of benzene rings is 1. The number of morpholine rings is 1. The van der Waals surface area contributed by atoms with E-state index in [0.717, 1.165) is 12.0 Å². The number of hydrogen-bond donors (Lipinski definition) is 3. The average molecular weight is 359 g/mol. The maximum atomic E-state index is 12.7. The average Bonchev–Trinajstić information content (AvgIpc) is 2.60. The van der Waals surface area contributed by atoms with Gasteiger partial charge in [-0.05, 0) is 17.4 Å². The summed E-state index contributed by atoms with van der Waals surface area (Å²) in [5.74, 6) is 0.139. The first kappa shape index (κ1) is 17.3. The zero-order valence-electron chi connectivity index (χ0n) is 14.4. The quantitative estimate of drug-likeness (QED) is 0.557. The number of hydrogen-bond acceptors (Lipinski definition) is 5. The highest BCUT2D eigenvalue weighted by Crippen LogP contribution is 2.28. The van der Waals surface area contributed by atoms with E-state index in [9.17, 15) is 9.59 Å². The Morgan fingerprint density at radius 1 is 1.15 bits per heavy atom. The van der Waals surface area contributed by atoms with Crippen molar-refractivity contribution in [1.82, 2.24) is 15.1 Å². The Balaban J connectivity index is 1.31. The van der Waals surface area contributed by atoms with E-state index in [0.29, 0.717) is 31.6 Å². The second kappa shape index (κ2) is 6.90. The third-order valence-electron chi connectivity index (χ3n) is 5.45. The van der Waals surface area contributed by atoms with Crippen LogP contribution in [0.1, 0.15) is 17.9 Å². The van der Waals surface area contributed by atoms with Crippen LogP contribution in [0.4, 0.5) is 4.79 Å². The molecule has 0 spiro atoms. The van der Waals surface area contributed by atoms with Crippen LogP contribution in [0.15, 0.2) is 24.3 Å². The highest BCUT2D eigenvalue weighted by atomic mass is 16.5. The molecule has 2 atom stereocenters. The molecule has 3 N–H and O–H groups in total. The summed E-state index contributed by atoms with van der Waals surface area (Å²) in [5, 5.41) is 21.2. The predicted molar refractivity (Wildman–Crippen MR) is 93.8 cm³/mol. The van der Waals surface area contributed by atoms with Crippen molar-refractivity contribution in [3.63, 3.8) is 0 Å². The number of carbonyl (C=O) groups excluding carboxylic acids is 2. The van der Waals surface area contributed by atoms with E-state index in [4.69, 9.17) is 14.8 Å². The summed E-state index contributed by atoms with van der Waals surface area (Å²) >= 11 is 0. The number of nitrogens with zero attached hydrogens (tertiary/aromatic N) is 2. The summed E-state index contributed by atoms with van der Waals surface area (Å²) in [7, 11) is -1.46. The number of ether oxygens (including phenoxy) is 1. The summed E-state index contributed by atoms with van der Waals surface area (Å²) in [5.41, 5.74) is 1.55. The lowest BCUT2D eigenvalue weighted by molar-refractivity contribution is -0.139. The molecule has 26 heavy (non-hydrogen) atoms. The molecular formula is C17H22BN3O5. The number of amides is 3. The van der Waals surface area contributed by atoms with Gasteiger partial charge in [-0.2, -0.15) is 0 Å². The molecule has 1 aromatic carbocycles. The van der Waals surface area contributed by atoms with Crippen LogP contribution in [-0.4, -0.2) is 83.8 Å². The highest BCUT2D eigenvalue weighted by Gasteiger charge is 2.40. The van der Waals surface area contributed by atoms with Crippen molar-refractivity contribution in [2.24, 2.45) is 0 Å². The third-order valence-corrected chi connectivity index (χ3v) is 5.45. The van der Waals surface area contributed by atoms with Gasteiger partial charge in [0.25, 0.3) is 0 Å². The minimum atomic E-state index is -1.46. The molecule has 0 saturated carbocycles. The van der Waals surface area contributed by atoms with Crippen LogP contribution in [0.25, 0.3) is 0 Å². The van der Waals surface area contributed by atoms with Gasteiger partial charge < -0.3 is 29.9 Å². The molecule has 138 valence electrons. The third kappa shape index (κ3) is 3.29. The number of urea groups is 1. The Kier molecular flexibility index (Phi) is 4.60. The van der Waals surface area contributed by atoms with Crippen molar-refractivity contribution >= 4 is 24.5 Å². The molecule has 0 unspecified atom stereocenters. The van der Waals surface area contributed by atoms with Crippen molar-refractivity contribution in [1.29, 1.82) is 0 Å². The van der Waals surface area contributed by atoms with Gasteiger partial charge in [-0.15, -0.1) is 0 Å². The Hall–Kier alpha value is -2.10. The Morgan fingerprint density at radius 2 is 1.88 bits per heavy atom. The second-order valence-corrected chi connectivity index (χ2v) is 7.18. The summed E-state index contributed by atoms with van der Waals surface area (Å²) < 4.78 is 5.53. The Labute approximate surface area is 151 Å². The number of rotatable bonds is 2. The molecule has 4 rings (SSSR count). The van der Waals surface area contributed by atoms with Crippen LogP contribution < -0.4 is 10.8 Å². The maximum absolute atomic E-state index is 12.7. The van der Waals surface area contributed by atoms with Gasteiger partial charge in [0.15, 0.2) is 0 Å². The van der Waals surface area contributed by atoms with Crippen molar-refractivity contribution in [3.8, 4) is 0 Å². The number of likely N-dealkylation sites (tertiary alicyclic amines) is 2. The summed E-state index contributed by atoms with van der Waals surface area (Å²) in [6.45, 7) is 2.52.